The molecule has 0 saturated carbocycles. The minimum Gasteiger partial charge on any atom is -0.453 e. The summed E-state index contributed by atoms with van der Waals surface area (Å²) >= 11 is 1.60. The maximum atomic E-state index is 14.0. The Hall–Kier alpha value is -4.62. The van der Waals surface area contributed by atoms with Crippen molar-refractivity contribution < 1.29 is 29.3 Å². The van der Waals surface area contributed by atoms with Gasteiger partial charge in [-0.15, -0.1) is 11.3 Å². The van der Waals surface area contributed by atoms with Crippen LogP contribution < -0.4 is 16.1 Å². The summed E-state index contributed by atoms with van der Waals surface area (Å²) < 4.78 is 4.81. The average Bonchev–Trinajstić information content (AvgIpc) is 3.76. The molecule has 1 aromatic heterocycles. The molecule has 3 aromatic carbocycles. The summed E-state index contributed by atoms with van der Waals surface area (Å²) in [5, 5.41) is 33.4. The molecule has 11 nitrogen and oxygen atoms in total. The third kappa shape index (κ3) is 10.8. The Labute approximate surface area is 328 Å². The lowest BCUT2D eigenvalue weighted by Gasteiger charge is -2.33. The van der Waals surface area contributed by atoms with E-state index >= 15 is 0 Å². The lowest BCUT2D eigenvalue weighted by Crippen LogP contribution is -2.57. The van der Waals surface area contributed by atoms with Crippen LogP contribution in [-0.4, -0.2) is 69.5 Å². The number of nitrogens with zero attached hydrogens (tertiary/aromatic N) is 2. The highest BCUT2D eigenvalue weighted by molar-refractivity contribution is 7.13. The summed E-state index contributed by atoms with van der Waals surface area (Å²) in [5.74, 6) is -1.01. The molecular weight excluding hydrogens is 715 g/mol. The molecule has 0 aliphatic heterocycles. The zero-order valence-corrected chi connectivity index (χ0v) is 33.7. The van der Waals surface area contributed by atoms with Gasteiger partial charge < -0.3 is 25.6 Å². The Kier molecular flexibility index (Phi) is 13.2. The summed E-state index contributed by atoms with van der Waals surface area (Å²) in [5.41, 5.74) is 5.99. The lowest BCUT2D eigenvalue weighted by molar-refractivity contribution is -0.142. The largest absolute Gasteiger partial charge is 0.453 e. The van der Waals surface area contributed by atoms with E-state index in [4.69, 9.17) is 9.72 Å². The zero-order chi connectivity index (χ0) is 40.0. The average molecular weight is 770 g/mol. The number of aliphatic hydroxyl groups is 2. The third-order valence-electron chi connectivity index (χ3n) is 9.96. The molecule has 1 aliphatic rings. The highest BCUT2D eigenvalue weighted by Gasteiger charge is 2.41. The van der Waals surface area contributed by atoms with Gasteiger partial charge in [0.2, 0.25) is 0 Å². The van der Waals surface area contributed by atoms with Gasteiger partial charge in [0.25, 0.3) is 11.8 Å². The van der Waals surface area contributed by atoms with E-state index in [1.807, 2.05) is 99.6 Å². The Morgan fingerprint density at radius 1 is 0.945 bits per heavy atom. The first-order valence-electron chi connectivity index (χ1n) is 18.8. The topological polar surface area (TPSA) is 153 Å². The predicted molar refractivity (Wildman–Crippen MR) is 215 cm³/mol. The molecule has 5 N–H and O–H groups in total. The number of hydrogen-bond acceptors (Lipinski definition) is 9. The second kappa shape index (κ2) is 17.5. The zero-order valence-electron chi connectivity index (χ0n) is 32.9. The molecule has 5 rings (SSSR count). The van der Waals surface area contributed by atoms with Gasteiger partial charge in [-0.3, -0.25) is 15.0 Å². The number of hydrogen-bond donors (Lipinski definition) is 5. The number of aliphatic hydroxyl groups excluding tert-OH is 1. The van der Waals surface area contributed by atoms with Crippen molar-refractivity contribution in [2.75, 3.05) is 13.7 Å². The Balaban J connectivity index is 1.36. The van der Waals surface area contributed by atoms with Gasteiger partial charge >= 0.3 is 6.09 Å². The van der Waals surface area contributed by atoms with Gasteiger partial charge in [-0.25, -0.2) is 14.8 Å². The number of amides is 3. The minimum atomic E-state index is -1.82. The van der Waals surface area contributed by atoms with E-state index in [-0.39, 0.29) is 24.8 Å². The fourth-order valence-electron chi connectivity index (χ4n) is 6.77. The van der Waals surface area contributed by atoms with Crippen LogP contribution in [0.15, 0.2) is 84.2 Å². The number of benzene rings is 3. The summed E-state index contributed by atoms with van der Waals surface area (Å²) in [6.45, 7) is 12.5. The molecular formula is C43H55N5O6S. The number of carbonyl (C=O) groups is 3. The molecule has 0 unspecified atom stereocenters. The van der Waals surface area contributed by atoms with Gasteiger partial charge in [-0.1, -0.05) is 120 Å². The van der Waals surface area contributed by atoms with E-state index in [0.29, 0.717) is 19.4 Å². The molecule has 4 atom stereocenters. The van der Waals surface area contributed by atoms with Crippen LogP contribution in [0.1, 0.15) is 88.4 Å². The van der Waals surface area contributed by atoms with Gasteiger partial charge in [-0.05, 0) is 40.5 Å². The van der Waals surface area contributed by atoms with Crippen LogP contribution in [0.25, 0.3) is 10.6 Å². The van der Waals surface area contributed by atoms with Crippen LogP contribution in [0.2, 0.25) is 0 Å². The smallest absolute Gasteiger partial charge is 0.407 e. The van der Waals surface area contributed by atoms with Gasteiger partial charge in [0.15, 0.2) is 0 Å². The normalized spacial score (nSPS) is 17.2. The Bertz CT molecular complexity index is 1920. The Morgan fingerprint density at radius 2 is 1.62 bits per heavy atom. The standard InChI is InChI=1S/C43H55N5O6S/c1-41(2,3)34-27-55-38(44-34)30-20-18-29(19-21-30)26-48(47-37(50)36(42(4,5)6)46-40(52)54-7)23-13-22-43(53,25-28-14-9-8-10-15-28)39(51)45-35-32-17-12-11-16-31(32)24-33(35)49/h8-12,14-21,27,33,35-36,49,53H,13,22-26H2,1-7H3,(H,45,51)(H,46,52)(H,47,50)/t33-,35+,36-,43-/m1/s1. The van der Waals surface area contributed by atoms with Crippen molar-refractivity contribution in [3.8, 4) is 10.6 Å². The van der Waals surface area contributed by atoms with Gasteiger partial charge in [0, 0.05) is 42.3 Å². The molecule has 4 aromatic rings. The van der Waals surface area contributed by atoms with Crippen molar-refractivity contribution in [3.05, 3.63) is 112 Å². The summed E-state index contributed by atoms with van der Waals surface area (Å²) in [6.07, 6.45) is -0.687. The number of nitrogens with one attached hydrogen (secondary N) is 3. The second-order valence-electron chi connectivity index (χ2n) is 16.5. The Morgan fingerprint density at radius 3 is 2.25 bits per heavy atom. The summed E-state index contributed by atoms with van der Waals surface area (Å²) in [6, 6.07) is 23.4. The third-order valence-corrected chi connectivity index (χ3v) is 10.9. The molecule has 1 aliphatic carbocycles. The van der Waals surface area contributed by atoms with E-state index < -0.39 is 47.1 Å². The first-order chi connectivity index (χ1) is 26.0. The van der Waals surface area contributed by atoms with Crippen molar-refractivity contribution in [1.82, 2.24) is 26.1 Å². The van der Waals surface area contributed by atoms with Crippen molar-refractivity contribution in [1.29, 1.82) is 0 Å². The number of carbonyl (C=O) groups excluding carboxylic acids is 3. The fourth-order valence-corrected chi connectivity index (χ4v) is 7.83. The van der Waals surface area contributed by atoms with Gasteiger partial charge in [0.1, 0.15) is 16.7 Å². The van der Waals surface area contributed by atoms with E-state index in [0.717, 1.165) is 38.5 Å². The molecule has 0 saturated heterocycles. The fraction of sp³-hybridized carbons (Fsp3) is 0.442. The molecule has 12 heteroatoms. The summed E-state index contributed by atoms with van der Waals surface area (Å²) in [7, 11) is 1.25. The lowest BCUT2D eigenvalue weighted by atomic mass is 9.86. The van der Waals surface area contributed by atoms with Gasteiger partial charge in [-0.2, -0.15) is 0 Å². The monoisotopic (exact) mass is 769 g/mol. The van der Waals surface area contributed by atoms with Crippen LogP contribution in [0.4, 0.5) is 4.79 Å². The van der Waals surface area contributed by atoms with Crippen molar-refractivity contribution >= 4 is 29.2 Å². The molecule has 55 heavy (non-hydrogen) atoms. The second-order valence-corrected chi connectivity index (χ2v) is 17.4. The molecule has 1 heterocycles. The van der Waals surface area contributed by atoms with Crippen molar-refractivity contribution in [3.63, 3.8) is 0 Å². The molecule has 0 spiro atoms. The van der Waals surface area contributed by atoms with Crippen LogP contribution in [0.5, 0.6) is 0 Å². The van der Waals surface area contributed by atoms with E-state index in [1.54, 1.807) is 16.3 Å². The highest BCUT2D eigenvalue weighted by atomic mass is 32.1. The quantitative estimate of drug-likeness (QED) is 0.0946. The molecule has 0 fully saturated rings. The van der Waals surface area contributed by atoms with Crippen LogP contribution in [0.3, 0.4) is 0 Å². The number of aromatic nitrogens is 1. The molecule has 0 radical (unpaired) electrons. The van der Waals surface area contributed by atoms with Crippen LogP contribution in [-0.2, 0) is 39.1 Å². The number of rotatable bonds is 14. The van der Waals surface area contributed by atoms with E-state index in [9.17, 15) is 24.6 Å². The molecule has 294 valence electrons. The maximum Gasteiger partial charge on any atom is 0.407 e. The van der Waals surface area contributed by atoms with Crippen molar-refractivity contribution in [2.45, 2.75) is 103 Å². The van der Waals surface area contributed by atoms with E-state index in [1.165, 1.54) is 7.11 Å². The number of fused-ring (bicyclic) bond motifs is 1. The van der Waals surface area contributed by atoms with Crippen LogP contribution in [0, 0.1) is 5.41 Å². The van der Waals surface area contributed by atoms with Crippen LogP contribution >= 0.6 is 11.3 Å². The molecule has 0 bridgehead atoms. The molecule has 3 amide bonds. The van der Waals surface area contributed by atoms with Gasteiger partial charge in [0.05, 0.1) is 24.9 Å². The number of hydrazine groups is 1. The number of alkyl carbamates (subject to hydrolysis) is 1. The highest BCUT2D eigenvalue weighted by Crippen LogP contribution is 2.33. The first kappa shape index (κ1) is 41.5. The summed E-state index contributed by atoms with van der Waals surface area (Å²) in [4.78, 5) is 45.0. The minimum absolute atomic E-state index is 0.0563. The van der Waals surface area contributed by atoms with Crippen molar-refractivity contribution in [2.24, 2.45) is 5.41 Å². The maximum absolute atomic E-state index is 14.0. The number of thiazole rings is 1. The first-order valence-corrected chi connectivity index (χ1v) is 19.6. The SMILES string of the molecule is COC(=O)N[C@H](C(=O)NN(CCC[C@@](O)(Cc1ccccc1)C(=O)N[C@H]1c2ccccc2C[C@H]1O)Cc1ccc(-c2nc(C(C)(C)C)cs2)cc1)C(C)(C)C. The number of ether oxygens (including phenoxy) is 1. The number of methoxy groups -OCH3 is 1. The van der Waals surface area contributed by atoms with E-state index in [2.05, 4.69) is 42.2 Å². The predicted octanol–water partition coefficient (Wildman–Crippen LogP) is 6.24.